The van der Waals surface area contributed by atoms with E-state index in [1.54, 1.807) is 6.07 Å². The van der Waals surface area contributed by atoms with E-state index >= 15 is 4.39 Å². The smallest absolute Gasteiger partial charge is 0.133 e. The highest BCUT2D eigenvalue weighted by Gasteiger charge is 2.38. The lowest BCUT2D eigenvalue weighted by molar-refractivity contribution is 0.131. The van der Waals surface area contributed by atoms with Crippen LogP contribution in [-0.2, 0) is 12.8 Å². The van der Waals surface area contributed by atoms with Gasteiger partial charge in [0.15, 0.2) is 0 Å². The van der Waals surface area contributed by atoms with E-state index < -0.39 is 0 Å². The molecule has 27 heavy (non-hydrogen) atoms. The number of benzene rings is 1. The Hall–Kier alpha value is -1.18. The van der Waals surface area contributed by atoms with Crippen molar-refractivity contribution in [2.24, 2.45) is 23.7 Å². The fraction of sp³-hybridized carbons (Fsp3) is 0.680. The molecule has 4 rings (SSSR count). The van der Waals surface area contributed by atoms with Crippen molar-refractivity contribution >= 4 is 0 Å². The first-order chi connectivity index (χ1) is 13.1. The summed E-state index contributed by atoms with van der Waals surface area (Å²) in [6.07, 6.45) is 15.1. The monoisotopic (exact) mass is 372 g/mol. The van der Waals surface area contributed by atoms with E-state index in [2.05, 4.69) is 26.0 Å². The lowest BCUT2D eigenvalue weighted by atomic mass is 9.63. The summed E-state index contributed by atoms with van der Waals surface area (Å²) in [6, 6.07) is 1.69. The Bertz CT molecular complexity index is 705. The highest BCUT2D eigenvalue weighted by atomic mass is 19.1. The highest BCUT2D eigenvalue weighted by molar-refractivity contribution is 5.39. The first-order valence-corrected chi connectivity index (χ1v) is 11.2. The van der Waals surface area contributed by atoms with Gasteiger partial charge in [0, 0.05) is 5.56 Å². The van der Waals surface area contributed by atoms with Gasteiger partial charge >= 0.3 is 0 Å². The minimum Gasteiger partial charge on any atom is -0.207 e. The average molecular weight is 373 g/mol. The van der Waals surface area contributed by atoms with Crippen LogP contribution in [0.4, 0.5) is 8.78 Å². The molecule has 2 fully saturated rings. The van der Waals surface area contributed by atoms with Crippen molar-refractivity contribution in [3.05, 3.63) is 46.5 Å². The third kappa shape index (κ3) is 3.74. The molecule has 2 heteroatoms. The molecule has 3 aliphatic carbocycles. The Labute approximate surface area is 163 Å². The molecule has 5 unspecified atom stereocenters. The topological polar surface area (TPSA) is 0 Å². The van der Waals surface area contributed by atoms with E-state index in [0.29, 0.717) is 17.4 Å². The third-order valence-electron chi connectivity index (χ3n) is 7.86. The quantitative estimate of drug-likeness (QED) is 0.486. The van der Waals surface area contributed by atoms with Gasteiger partial charge in [-0.25, -0.2) is 8.78 Å². The van der Waals surface area contributed by atoms with Gasteiger partial charge in [-0.05, 0) is 111 Å². The van der Waals surface area contributed by atoms with E-state index in [0.717, 1.165) is 67.9 Å². The summed E-state index contributed by atoms with van der Waals surface area (Å²) in [5.41, 5.74) is 2.19. The minimum atomic E-state index is -0.269. The van der Waals surface area contributed by atoms with Crippen LogP contribution in [0.15, 0.2) is 18.2 Å². The number of fused-ring (bicyclic) bond motifs is 2. The van der Waals surface area contributed by atoms with Gasteiger partial charge in [-0.15, -0.1) is 0 Å². The van der Waals surface area contributed by atoms with E-state index in [1.807, 2.05) is 0 Å². The summed E-state index contributed by atoms with van der Waals surface area (Å²) in [7, 11) is 0. The van der Waals surface area contributed by atoms with Gasteiger partial charge in [0.2, 0.25) is 0 Å². The van der Waals surface area contributed by atoms with Crippen LogP contribution in [0.25, 0.3) is 0 Å². The predicted octanol–water partition coefficient (Wildman–Crippen LogP) is 7.36. The van der Waals surface area contributed by atoms with E-state index in [-0.39, 0.29) is 17.6 Å². The normalized spacial score (nSPS) is 33.7. The van der Waals surface area contributed by atoms with E-state index in [9.17, 15) is 4.39 Å². The van der Waals surface area contributed by atoms with Crippen LogP contribution in [-0.4, -0.2) is 0 Å². The maximum atomic E-state index is 15.4. The number of halogens is 2. The molecule has 0 aromatic heterocycles. The van der Waals surface area contributed by atoms with Crippen LogP contribution < -0.4 is 0 Å². The van der Waals surface area contributed by atoms with Crippen molar-refractivity contribution in [3.8, 4) is 0 Å². The molecule has 0 amide bonds. The van der Waals surface area contributed by atoms with Gasteiger partial charge in [-0.2, -0.15) is 0 Å². The Kier molecular flexibility index (Phi) is 5.71. The Morgan fingerprint density at radius 2 is 1.81 bits per heavy atom. The molecule has 0 saturated heterocycles. The molecule has 3 aliphatic rings. The predicted molar refractivity (Wildman–Crippen MR) is 108 cm³/mol. The second kappa shape index (κ2) is 8.05. The molecule has 0 spiro atoms. The van der Waals surface area contributed by atoms with Gasteiger partial charge < -0.3 is 0 Å². The molecule has 0 nitrogen and oxygen atoms in total. The van der Waals surface area contributed by atoms with Crippen molar-refractivity contribution in [1.82, 2.24) is 0 Å². The summed E-state index contributed by atoms with van der Waals surface area (Å²) in [5, 5.41) is 0. The first-order valence-electron chi connectivity index (χ1n) is 11.2. The van der Waals surface area contributed by atoms with Crippen LogP contribution in [0.3, 0.4) is 0 Å². The molecule has 0 bridgehead atoms. The summed E-state index contributed by atoms with van der Waals surface area (Å²) >= 11 is 0. The number of hydrogen-bond donors (Lipinski definition) is 0. The van der Waals surface area contributed by atoms with Gasteiger partial charge in [-0.3, -0.25) is 0 Å². The maximum Gasteiger partial charge on any atom is 0.133 e. The summed E-state index contributed by atoms with van der Waals surface area (Å²) in [5.74, 6) is 2.34. The van der Waals surface area contributed by atoms with Gasteiger partial charge in [-0.1, -0.05) is 25.5 Å². The van der Waals surface area contributed by atoms with Gasteiger partial charge in [0.1, 0.15) is 11.6 Å². The molecule has 2 saturated carbocycles. The summed E-state index contributed by atoms with van der Waals surface area (Å²) < 4.78 is 30.4. The van der Waals surface area contributed by atoms with Crippen LogP contribution >= 0.6 is 0 Å². The molecule has 148 valence electrons. The fourth-order valence-electron chi connectivity index (χ4n) is 6.30. The van der Waals surface area contributed by atoms with Crippen molar-refractivity contribution in [2.45, 2.75) is 84.0 Å². The van der Waals surface area contributed by atoms with Crippen molar-refractivity contribution < 1.29 is 8.78 Å². The standard InChI is InChI=1S/C25H34F2/c1-3-5-17-6-8-19-14-20(10-9-18(19)13-17)24-23(26)15-21-12-16(4-2)7-11-22(21)25(24)27/h3,5,15-20H,4,6-14H2,1-2H3/b5-3+. The Morgan fingerprint density at radius 3 is 2.59 bits per heavy atom. The average Bonchev–Trinajstić information content (AvgIpc) is 2.67. The maximum absolute atomic E-state index is 15.4. The molecule has 0 radical (unpaired) electrons. The second-order valence-corrected chi connectivity index (χ2v) is 9.37. The number of hydrogen-bond acceptors (Lipinski definition) is 0. The van der Waals surface area contributed by atoms with Crippen LogP contribution in [0.1, 0.15) is 87.8 Å². The lowest BCUT2D eigenvalue weighted by Crippen LogP contribution is -2.31. The minimum absolute atomic E-state index is 0.0821. The molecule has 0 heterocycles. The van der Waals surface area contributed by atoms with Crippen molar-refractivity contribution in [2.75, 3.05) is 0 Å². The zero-order chi connectivity index (χ0) is 19.0. The largest absolute Gasteiger partial charge is 0.207 e. The molecule has 1 aromatic carbocycles. The SMILES string of the molecule is C/C=C/C1CCC2CC(c3c(F)cc4c(c3F)CCC(CC)C4)CCC2C1. The number of rotatable bonds is 3. The van der Waals surface area contributed by atoms with Crippen LogP contribution in [0, 0.1) is 35.3 Å². The summed E-state index contributed by atoms with van der Waals surface area (Å²) in [4.78, 5) is 0. The highest BCUT2D eigenvalue weighted by Crippen LogP contribution is 2.49. The molecule has 0 aliphatic heterocycles. The molecular formula is C25H34F2. The third-order valence-corrected chi connectivity index (χ3v) is 7.86. The second-order valence-electron chi connectivity index (χ2n) is 9.37. The zero-order valence-corrected chi connectivity index (χ0v) is 16.9. The molecule has 0 N–H and O–H groups in total. The van der Waals surface area contributed by atoms with Crippen molar-refractivity contribution in [3.63, 3.8) is 0 Å². The first kappa shape index (κ1) is 19.2. The van der Waals surface area contributed by atoms with E-state index in [4.69, 9.17) is 0 Å². The zero-order valence-electron chi connectivity index (χ0n) is 16.9. The fourth-order valence-corrected chi connectivity index (χ4v) is 6.30. The van der Waals surface area contributed by atoms with Gasteiger partial charge in [0.05, 0.1) is 0 Å². The Morgan fingerprint density at radius 1 is 1.04 bits per heavy atom. The molecule has 1 aromatic rings. The number of allylic oxidation sites excluding steroid dienone is 2. The molecule has 5 atom stereocenters. The van der Waals surface area contributed by atoms with Gasteiger partial charge in [0.25, 0.3) is 0 Å². The molecular weight excluding hydrogens is 338 g/mol. The van der Waals surface area contributed by atoms with Crippen LogP contribution in [0.5, 0.6) is 0 Å². The lowest BCUT2D eigenvalue weighted by Gasteiger charge is -2.42. The van der Waals surface area contributed by atoms with E-state index in [1.165, 1.54) is 19.3 Å². The summed E-state index contributed by atoms with van der Waals surface area (Å²) in [6.45, 7) is 4.29. The van der Waals surface area contributed by atoms with Crippen molar-refractivity contribution in [1.29, 1.82) is 0 Å². The van der Waals surface area contributed by atoms with Crippen LogP contribution in [0.2, 0.25) is 0 Å². The Balaban J connectivity index is 1.53.